The molecule has 0 spiro atoms. The lowest BCUT2D eigenvalue weighted by Gasteiger charge is -2.30. The number of hydrogen-bond donors (Lipinski definition) is 3. The summed E-state index contributed by atoms with van der Waals surface area (Å²) in [7, 11) is 1.70. The molecule has 0 radical (unpaired) electrons. The number of nitrogens with zero attached hydrogens (tertiary/aromatic N) is 4. The van der Waals surface area contributed by atoms with Gasteiger partial charge < -0.3 is 30.5 Å². The number of amides is 4. The van der Waals surface area contributed by atoms with Crippen molar-refractivity contribution in [3.8, 4) is 0 Å². The Morgan fingerprint density at radius 3 is 2.09 bits per heavy atom. The number of carbonyl (C=O) groups is 4. The first-order valence-electron chi connectivity index (χ1n) is 19.0. The molecule has 14 heteroatoms. The van der Waals surface area contributed by atoms with Gasteiger partial charge in [-0.1, -0.05) is 74.5 Å². The Hall–Kier alpha value is -4.66. The molecule has 1 aliphatic heterocycles. The van der Waals surface area contributed by atoms with Crippen LogP contribution in [0.15, 0.2) is 77.8 Å². The molecular weight excluding hydrogens is 735 g/mol. The second-order valence-corrected chi connectivity index (χ2v) is 16.3. The summed E-state index contributed by atoms with van der Waals surface area (Å²) in [5.74, 6) is 0.273. The molecule has 4 aromatic rings. The number of likely N-dealkylation sites (tertiary alicyclic amines) is 1. The molecule has 2 aromatic heterocycles. The van der Waals surface area contributed by atoms with Crippen LogP contribution in [0, 0.1) is 0 Å². The molecule has 1 aliphatic rings. The van der Waals surface area contributed by atoms with Crippen LogP contribution in [-0.4, -0.2) is 88.4 Å². The van der Waals surface area contributed by atoms with Crippen LogP contribution >= 0.6 is 22.7 Å². The van der Waals surface area contributed by atoms with Gasteiger partial charge in [-0.25, -0.2) is 14.6 Å². The highest BCUT2D eigenvalue weighted by Crippen LogP contribution is 2.20. The Balaban J connectivity index is 1.28. The van der Waals surface area contributed by atoms with Crippen molar-refractivity contribution in [2.24, 2.45) is 0 Å². The van der Waals surface area contributed by atoms with E-state index in [2.05, 4.69) is 44.7 Å². The molecule has 3 atom stereocenters. The first-order chi connectivity index (χ1) is 26.6. The summed E-state index contributed by atoms with van der Waals surface area (Å²) in [6, 6.07) is 18.2. The van der Waals surface area contributed by atoms with Crippen molar-refractivity contribution in [1.82, 2.24) is 35.7 Å². The molecule has 1 fully saturated rings. The molecule has 55 heavy (non-hydrogen) atoms. The second kappa shape index (κ2) is 21.4. The molecule has 1 saturated heterocycles. The monoisotopic (exact) mass is 787 g/mol. The van der Waals surface area contributed by atoms with Crippen LogP contribution in [0.1, 0.15) is 78.6 Å². The van der Waals surface area contributed by atoms with Gasteiger partial charge in [0.2, 0.25) is 5.91 Å². The molecular formula is C41H53N7O5S2. The molecule has 12 nitrogen and oxygen atoms in total. The van der Waals surface area contributed by atoms with Crippen LogP contribution in [-0.2, 0) is 40.3 Å². The smallest absolute Gasteiger partial charge is 0.407 e. The fourth-order valence-electron chi connectivity index (χ4n) is 6.45. The topological polar surface area (TPSA) is 146 Å². The number of nitrogens with one attached hydrogen (secondary N) is 3. The number of Topliss-reactive ketones (excluding diaryl/α,β-unsaturated/α-hetero) is 1. The van der Waals surface area contributed by atoms with E-state index >= 15 is 0 Å². The number of piperidine rings is 1. The fraction of sp³-hybridized carbons (Fsp3) is 0.463. The van der Waals surface area contributed by atoms with Crippen LogP contribution in [0.25, 0.3) is 0 Å². The van der Waals surface area contributed by atoms with E-state index < -0.39 is 12.1 Å². The van der Waals surface area contributed by atoms with Gasteiger partial charge in [-0.05, 0) is 43.2 Å². The average Bonchev–Trinajstić information content (AvgIpc) is 3.89. The summed E-state index contributed by atoms with van der Waals surface area (Å²) >= 11 is 3.00. The van der Waals surface area contributed by atoms with Gasteiger partial charge in [-0.15, -0.1) is 22.7 Å². The highest BCUT2D eigenvalue weighted by molar-refractivity contribution is 7.09. The summed E-state index contributed by atoms with van der Waals surface area (Å²) in [5.41, 5.74) is 4.64. The Bertz CT molecular complexity index is 1780. The lowest BCUT2D eigenvalue weighted by Crippen LogP contribution is -2.54. The summed E-state index contributed by atoms with van der Waals surface area (Å²) in [5, 5.41) is 12.3. The highest BCUT2D eigenvalue weighted by atomic mass is 32.1. The summed E-state index contributed by atoms with van der Waals surface area (Å²) in [4.78, 5) is 66.0. The molecule has 2 aromatic carbocycles. The van der Waals surface area contributed by atoms with E-state index in [1.165, 1.54) is 11.3 Å². The summed E-state index contributed by atoms with van der Waals surface area (Å²) in [6.07, 6.45) is 4.82. The largest absolute Gasteiger partial charge is 0.444 e. The number of thiazole rings is 2. The molecule has 0 saturated carbocycles. The molecule has 294 valence electrons. The van der Waals surface area contributed by atoms with Crippen molar-refractivity contribution < 1.29 is 23.9 Å². The van der Waals surface area contributed by atoms with E-state index in [0.29, 0.717) is 77.0 Å². The molecule has 0 aliphatic carbocycles. The number of urea groups is 1. The minimum Gasteiger partial charge on any atom is -0.444 e. The Morgan fingerprint density at radius 1 is 0.873 bits per heavy atom. The number of carbonyl (C=O) groups excluding carboxylic acids is 4. The first kappa shape index (κ1) is 41.5. The Labute approximate surface area is 332 Å². The van der Waals surface area contributed by atoms with Gasteiger partial charge in [-0.3, -0.25) is 14.6 Å². The Morgan fingerprint density at radius 2 is 1.51 bits per heavy atom. The predicted octanol–water partition coefficient (Wildman–Crippen LogP) is 6.33. The number of rotatable bonds is 19. The Kier molecular flexibility index (Phi) is 16.2. The standard InChI is InChI=1S/C41H53N7O5S2/c1-29(2)39-44-34(27-54-39)25-47(3)40(51)46-37(18-21-48-19-16-35(49)17-20-48)38(50)43-32(22-30-10-6-4-7-11-30)14-15-33(23-31-12-8-5-9-13-31)45-41(52)53-26-36-24-42-28-55-36/h4-13,24,27-29,32-33,37H,14-23,25-26H2,1-3H3,(H,43,50)(H,45,52)(H,46,51). The molecule has 5 rings (SSSR count). The summed E-state index contributed by atoms with van der Waals surface area (Å²) < 4.78 is 5.52. The fourth-order valence-corrected chi connectivity index (χ4v) is 7.78. The zero-order valence-electron chi connectivity index (χ0n) is 31.9. The van der Waals surface area contributed by atoms with E-state index in [1.807, 2.05) is 66.0 Å². The third kappa shape index (κ3) is 14.2. The number of aromatic nitrogens is 2. The maximum Gasteiger partial charge on any atom is 0.407 e. The minimum absolute atomic E-state index is 0.139. The molecule has 3 unspecified atom stereocenters. The maximum absolute atomic E-state index is 14.3. The number of ether oxygens (including phenoxy) is 1. The highest BCUT2D eigenvalue weighted by Gasteiger charge is 2.28. The average molecular weight is 788 g/mol. The number of ketones is 1. The summed E-state index contributed by atoms with van der Waals surface area (Å²) in [6.45, 7) is 6.48. The molecule has 4 amide bonds. The van der Waals surface area contributed by atoms with E-state index in [9.17, 15) is 19.2 Å². The van der Waals surface area contributed by atoms with Gasteiger partial charge in [0.05, 0.1) is 27.6 Å². The van der Waals surface area contributed by atoms with E-state index in [4.69, 9.17) is 4.74 Å². The molecule has 0 bridgehead atoms. The van der Waals surface area contributed by atoms with Gasteiger partial charge in [-0.2, -0.15) is 0 Å². The normalized spacial score (nSPS) is 14.9. The lowest BCUT2D eigenvalue weighted by molar-refractivity contribution is -0.124. The minimum atomic E-state index is -0.813. The van der Waals surface area contributed by atoms with Crippen LogP contribution in [0.5, 0.6) is 0 Å². The SMILES string of the molecule is CC(C)c1nc(CN(C)C(=O)NC(CCN2CCC(=O)CC2)C(=O)NC(CCC(Cc2ccccc2)NC(=O)OCc2cncs2)Cc2ccccc2)cs1. The number of alkyl carbamates (subject to hydrolysis) is 1. The van der Waals surface area contributed by atoms with Crippen molar-refractivity contribution >= 4 is 46.5 Å². The third-order valence-corrected chi connectivity index (χ3v) is 11.5. The van der Waals surface area contributed by atoms with Crippen molar-refractivity contribution in [3.05, 3.63) is 104 Å². The van der Waals surface area contributed by atoms with Crippen LogP contribution in [0.4, 0.5) is 9.59 Å². The van der Waals surface area contributed by atoms with Crippen molar-refractivity contribution in [1.29, 1.82) is 0 Å². The number of benzene rings is 2. The quantitative estimate of drug-likeness (QED) is 0.100. The maximum atomic E-state index is 14.3. The van der Waals surface area contributed by atoms with Crippen LogP contribution in [0.2, 0.25) is 0 Å². The number of hydrogen-bond acceptors (Lipinski definition) is 10. The van der Waals surface area contributed by atoms with E-state index in [0.717, 1.165) is 26.7 Å². The van der Waals surface area contributed by atoms with Crippen LogP contribution < -0.4 is 16.0 Å². The van der Waals surface area contributed by atoms with Crippen molar-refractivity contribution in [2.45, 2.75) is 96.0 Å². The molecule has 3 N–H and O–H groups in total. The zero-order valence-corrected chi connectivity index (χ0v) is 33.6. The van der Waals surface area contributed by atoms with Crippen molar-refractivity contribution in [2.75, 3.05) is 26.7 Å². The van der Waals surface area contributed by atoms with Gasteiger partial charge in [0, 0.05) is 69.1 Å². The van der Waals surface area contributed by atoms with Crippen molar-refractivity contribution in [3.63, 3.8) is 0 Å². The zero-order chi connectivity index (χ0) is 39.0. The lowest BCUT2D eigenvalue weighted by atomic mass is 9.95. The van der Waals surface area contributed by atoms with Crippen LogP contribution in [0.3, 0.4) is 0 Å². The van der Waals surface area contributed by atoms with Gasteiger partial charge in [0.25, 0.3) is 0 Å². The second-order valence-electron chi connectivity index (χ2n) is 14.4. The van der Waals surface area contributed by atoms with Gasteiger partial charge >= 0.3 is 12.1 Å². The molecule has 3 heterocycles. The van der Waals surface area contributed by atoms with E-state index in [1.54, 1.807) is 35.0 Å². The predicted molar refractivity (Wildman–Crippen MR) is 216 cm³/mol. The van der Waals surface area contributed by atoms with Gasteiger partial charge in [0.15, 0.2) is 0 Å². The third-order valence-electron chi connectivity index (χ3n) is 9.58. The first-order valence-corrected chi connectivity index (χ1v) is 20.8. The van der Waals surface area contributed by atoms with Gasteiger partial charge in [0.1, 0.15) is 18.4 Å². The van der Waals surface area contributed by atoms with E-state index in [-0.39, 0.29) is 36.4 Å².